The van der Waals surface area contributed by atoms with Gasteiger partial charge in [-0.25, -0.2) is 0 Å². The van der Waals surface area contributed by atoms with Crippen LogP contribution in [0.3, 0.4) is 0 Å². The summed E-state index contributed by atoms with van der Waals surface area (Å²) < 4.78 is 0. The number of carbonyl (C=O) groups is 1. The van der Waals surface area contributed by atoms with Gasteiger partial charge in [-0.05, 0) is 57.0 Å². The fraction of sp³-hybridized carbons (Fsp3) is 0.316. The highest BCUT2D eigenvalue weighted by Crippen LogP contribution is 2.19. The summed E-state index contributed by atoms with van der Waals surface area (Å²) >= 11 is 0. The quantitative estimate of drug-likeness (QED) is 0.859. The van der Waals surface area contributed by atoms with E-state index in [0.29, 0.717) is 0 Å². The molecule has 0 bridgehead atoms. The van der Waals surface area contributed by atoms with Gasteiger partial charge in [0.15, 0.2) is 0 Å². The Morgan fingerprint density at radius 3 is 2.36 bits per heavy atom. The zero-order valence-electron chi connectivity index (χ0n) is 13.7. The zero-order chi connectivity index (χ0) is 16.2. The van der Waals surface area contributed by atoms with Gasteiger partial charge in [-0.1, -0.05) is 36.8 Å². The highest BCUT2D eigenvalue weighted by Gasteiger charge is 2.27. The first kappa shape index (κ1) is 16.1. The van der Waals surface area contributed by atoms with Gasteiger partial charge in [0.1, 0.15) is 5.54 Å². The second kappa shape index (κ2) is 6.65. The van der Waals surface area contributed by atoms with Crippen LogP contribution in [0.2, 0.25) is 0 Å². The maximum atomic E-state index is 12.5. The predicted molar refractivity (Wildman–Crippen MR) is 93.3 cm³/mol. The first-order valence-corrected chi connectivity index (χ1v) is 7.66. The predicted octanol–water partition coefficient (Wildman–Crippen LogP) is 4.39. The van der Waals surface area contributed by atoms with Crippen LogP contribution in [0.25, 0.3) is 0 Å². The molecule has 0 spiro atoms. The summed E-state index contributed by atoms with van der Waals surface area (Å²) in [5, 5.41) is 6.27. The number of aryl methyl sites for hydroxylation is 2. The summed E-state index contributed by atoms with van der Waals surface area (Å²) in [6, 6.07) is 16.0. The van der Waals surface area contributed by atoms with E-state index in [1.807, 2.05) is 63.2 Å². The van der Waals surface area contributed by atoms with Crippen LogP contribution in [0.15, 0.2) is 48.5 Å². The van der Waals surface area contributed by atoms with E-state index < -0.39 is 5.54 Å². The Morgan fingerprint density at radius 1 is 1.05 bits per heavy atom. The molecule has 0 radical (unpaired) electrons. The number of rotatable bonds is 5. The fourth-order valence-corrected chi connectivity index (χ4v) is 2.21. The van der Waals surface area contributed by atoms with Crippen LogP contribution in [0.5, 0.6) is 0 Å². The molecule has 2 rings (SSSR count). The fourth-order valence-electron chi connectivity index (χ4n) is 2.21. The third-order valence-electron chi connectivity index (χ3n) is 3.67. The van der Waals surface area contributed by atoms with Crippen molar-refractivity contribution in [1.29, 1.82) is 0 Å². The largest absolute Gasteiger partial charge is 0.372 e. The molecule has 2 N–H and O–H groups in total. The monoisotopic (exact) mass is 296 g/mol. The molecule has 2 aromatic rings. The van der Waals surface area contributed by atoms with Crippen molar-refractivity contribution < 1.29 is 4.79 Å². The van der Waals surface area contributed by atoms with Crippen molar-refractivity contribution in [2.24, 2.45) is 0 Å². The molecule has 22 heavy (non-hydrogen) atoms. The molecule has 0 aliphatic rings. The number of carbonyl (C=O) groups excluding carboxylic acids is 1. The van der Waals surface area contributed by atoms with Crippen LogP contribution in [0, 0.1) is 6.92 Å². The Hall–Kier alpha value is -2.29. The van der Waals surface area contributed by atoms with Gasteiger partial charge >= 0.3 is 0 Å². The standard InChI is InChI=1S/C19H24N2O/c1-5-15-7-6-8-17(13-15)20-18(22)19(3,4)21-16-11-9-14(2)10-12-16/h6-13,21H,5H2,1-4H3,(H,20,22). The molecule has 0 saturated carbocycles. The van der Waals surface area contributed by atoms with Gasteiger partial charge < -0.3 is 10.6 Å². The lowest BCUT2D eigenvalue weighted by atomic mass is 10.0. The molecular formula is C19H24N2O. The maximum absolute atomic E-state index is 12.5. The molecule has 0 aromatic heterocycles. The van der Waals surface area contributed by atoms with Crippen molar-refractivity contribution in [3.63, 3.8) is 0 Å². The summed E-state index contributed by atoms with van der Waals surface area (Å²) in [5.74, 6) is -0.0543. The number of amides is 1. The normalized spacial score (nSPS) is 11.1. The van der Waals surface area contributed by atoms with Gasteiger partial charge in [0, 0.05) is 11.4 Å². The van der Waals surface area contributed by atoms with E-state index in [-0.39, 0.29) is 5.91 Å². The van der Waals surface area contributed by atoms with Gasteiger partial charge in [0.05, 0.1) is 0 Å². The molecule has 3 heteroatoms. The molecule has 0 aliphatic heterocycles. The van der Waals surface area contributed by atoms with Crippen LogP contribution in [-0.2, 0) is 11.2 Å². The third kappa shape index (κ3) is 4.10. The molecule has 1 amide bonds. The maximum Gasteiger partial charge on any atom is 0.249 e. The molecule has 116 valence electrons. The van der Waals surface area contributed by atoms with Crippen LogP contribution < -0.4 is 10.6 Å². The third-order valence-corrected chi connectivity index (χ3v) is 3.67. The lowest BCUT2D eigenvalue weighted by Gasteiger charge is -2.26. The number of nitrogens with one attached hydrogen (secondary N) is 2. The van der Waals surface area contributed by atoms with E-state index in [9.17, 15) is 4.79 Å². The Kier molecular flexibility index (Phi) is 4.86. The highest BCUT2D eigenvalue weighted by atomic mass is 16.2. The summed E-state index contributed by atoms with van der Waals surface area (Å²) in [6.45, 7) is 7.91. The van der Waals surface area contributed by atoms with Crippen molar-refractivity contribution in [2.75, 3.05) is 10.6 Å². The van der Waals surface area contributed by atoms with E-state index in [0.717, 1.165) is 17.8 Å². The molecule has 0 unspecified atom stereocenters. The second-order valence-corrected chi connectivity index (χ2v) is 6.12. The molecule has 3 nitrogen and oxygen atoms in total. The van der Waals surface area contributed by atoms with Crippen molar-refractivity contribution >= 4 is 17.3 Å². The van der Waals surface area contributed by atoms with Gasteiger partial charge in [-0.2, -0.15) is 0 Å². The average Bonchev–Trinajstić information content (AvgIpc) is 2.49. The van der Waals surface area contributed by atoms with Gasteiger partial charge in [-0.15, -0.1) is 0 Å². The number of hydrogen-bond donors (Lipinski definition) is 2. The number of benzene rings is 2. The lowest BCUT2D eigenvalue weighted by Crippen LogP contribution is -2.44. The molecule has 0 saturated heterocycles. The molecule has 0 aliphatic carbocycles. The minimum absolute atomic E-state index is 0.0543. The van der Waals surface area contributed by atoms with Crippen LogP contribution >= 0.6 is 0 Å². The lowest BCUT2D eigenvalue weighted by molar-refractivity contribution is -0.119. The zero-order valence-corrected chi connectivity index (χ0v) is 13.7. The summed E-state index contributed by atoms with van der Waals surface area (Å²) in [4.78, 5) is 12.5. The van der Waals surface area contributed by atoms with E-state index in [1.165, 1.54) is 11.1 Å². The Morgan fingerprint density at radius 2 is 1.73 bits per heavy atom. The topological polar surface area (TPSA) is 41.1 Å². The van der Waals surface area contributed by atoms with E-state index in [2.05, 4.69) is 23.6 Å². The van der Waals surface area contributed by atoms with Crippen LogP contribution in [0.1, 0.15) is 31.9 Å². The van der Waals surface area contributed by atoms with Gasteiger partial charge in [-0.3, -0.25) is 4.79 Å². The highest BCUT2D eigenvalue weighted by molar-refractivity contribution is 5.99. The number of anilines is 2. The minimum Gasteiger partial charge on any atom is -0.372 e. The summed E-state index contributed by atoms with van der Waals surface area (Å²) in [5.41, 5.74) is 3.49. The number of hydrogen-bond acceptors (Lipinski definition) is 2. The summed E-state index contributed by atoms with van der Waals surface area (Å²) in [6.07, 6.45) is 0.953. The second-order valence-electron chi connectivity index (χ2n) is 6.12. The Labute approximate surface area is 132 Å². The summed E-state index contributed by atoms with van der Waals surface area (Å²) in [7, 11) is 0. The van der Waals surface area contributed by atoms with Crippen LogP contribution in [0.4, 0.5) is 11.4 Å². The molecule has 0 atom stereocenters. The van der Waals surface area contributed by atoms with Crippen molar-refractivity contribution in [2.45, 2.75) is 39.7 Å². The first-order chi connectivity index (χ1) is 10.4. The van der Waals surface area contributed by atoms with Gasteiger partial charge in [0.25, 0.3) is 0 Å². The smallest absolute Gasteiger partial charge is 0.249 e. The molecule has 2 aromatic carbocycles. The van der Waals surface area contributed by atoms with Crippen LogP contribution in [-0.4, -0.2) is 11.4 Å². The minimum atomic E-state index is -0.697. The van der Waals surface area contributed by atoms with E-state index >= 15 is 0 Å². The van der Waals surface area contributed by atoms with Crippen molar-refractivity contribution in [1.82, 2.24) is 0 Å². The first-order valence-electron chi connectivity index (χ1n) is 7.66. The van der Waals surface area contributed by atoms with Crippen molar-refractivity contribution in [3.8, 4) is 0 Å². The van der Waals surface area contributed by atoms with E-state index in [4.69, 9.17) is 0 Å². The molecule has 0 heterocycles. The van der Waals surface area contributed by atoms with Crippen molar-refractivity contribution in [3.05, 3.63) is 59.7 Å². The SMILES string of the molecule is CCc1cccc(NC(=O)C(C)(C)Nc2ccc(C)cc2)c1. The van der Waals surface area contributed by atoms with E-state index in [1.54, 1.807) is 0 Å². The Balaban J connectivity index is 2.07. The van der Waals surface area contributed by atoms with Gasteiger partial charge in [0.2, 0.25) is 5.91 Å². The Bertz CT molecular complexity index is 645. The molecule has 0 fully saturated rings. The molecular weight excluding hydrogens is 272 g/mol. The average molecular weight is 296 g/mol.